The molecule has 0 amide bonds. The molecule has 0 aromatic rings. The van der Waals surface area contributed by atoms with Gasteiger partial charge in [-0.15, -0.1) is 0 Å². The fraction of sp³-hybridized carbons (Fsp3) is 1.00. The summed E-state index contributed by atoms with van der Waals surface area (Å²) < 4.78 is 8.94. The Kier molecular flexibility index (Phi) is 57.3. The van der Waals surface area contributed by atoms with Crippen molar-refractivity contribution >= 4 is 0 Å². The first-order valence-corrected chi connectivity index (χ1v) is 2.29. The van der Waals surface area contributed by atoms with Crippen molar-refractivity contribution in [3.8, 4) is 0 Å². The highest BCUT2D eigenvalue weighted by Gasteiger charge is 1.63. The molecule has 4 N–H and O–H groups in total. The van der Waals surface area contributed by atoms with Crippen LogP contribution in [-0.2, 0) is 9.47 Å². The quantitative estimate of drug-likeness (QED) is 0.267. The minimum absolute atomic E-state index is 0.389. The molecule has 0 unspecified atom stereocenters. The van der Waals surface area contributed by atoms with E-state index in [0.717, 1.165) is 0 Å². The van der Waals surface area contributed by atoms with E-state index in [2.05, 4.69) is 9.47 Å². The van der Waals surface area contributed by atoms with Crippen molar-refractivity contribution in [3.05, 3.63) is 0 Å². The average Bonchev–Trinajstić information content (AvgIpc) is 1.92. The molecule has 0 bridgehead atoms. The van der Waals surface area contributed by atoms with Crippen molar-refractivity contribution in [1.29, 1.82) is 22.1 Å². The number of nitrogens with one attached hydrogen (secondary N) is 4. The van der Waals surface area contributed by atoms with Crippen LogP contribution in [0.15, 0.2) is 0 Å². The maximum Gasteiger partial charge on any atom is 0.211 e. The van der Waals surface area contributed by atoms with Crippen LogP contribution in [0.2, 0.25) is 0 Å². The van der Waals surface area contributed by atoms with Crippen LogP contribution in [-0.4, -0.2) is 21.0 Å². The molecule has 0 saturated heterocycles. The van der Waals surface area contributed by atoms with Crippen molar-refractivity contribution in [2.24, 2.45) is 0 Å². The van der Waals surface area contributed by atoms with Crippen LogP contribution in [0.25, 0.3) is 0 Å². The van der Waals surface area contributed by atoms with Crippen LogP contribution in [0.5, 0.6) is 0 Å². The Morgan fingerprint density at radius 1 is 0.909 bits per heavy atom. The zero-order valence-corrected chi connectivity index (χ0v) is 6.42. The van der Waals surface area contributed by atoms with Gasteiger partial charge in [0.2, 0.25) is 9.82 Å². The maximum atomic E-state index is 5.50. The smallest absolute Gasteiger partial charge is 0.211 e. The molecule has 0 heterocycles. The summed E-state index contributed by atoms with van der Waals surface area (Å²) in [6, 6.07) is 0. The van der Waals surface area contributed by atoms with E-state index < -0.39 is 0 Å². The van der Waals surface area contributed by atoms with Gasteiger partial charge in [0, 0.05) is 14.2 Å². The molecule has 0 spiro atoms. The summed E-state index contributed by atoms with van der Waals surface area (Å²) in [6.07, 6.45) is 0. The normalized spacial score (nSPS) is 5.27. The van der Waals surface area contributed by atoms with E-state index in [0.29, 0.717) is 6.79 Å². The number of rotatable bonds is 2. The van der Waals surface area contributed by atoms with Crippen LogP contribution in [0, 0.1) is 22.1 Å². The molecule has 8 heteroatoms. The summed E-state index contributed by atoms with van der Waals surface area (Å²) in [5.74, 6) is 0. The van der Waals surface area contributed by atoms with E-state index in [9.17, 15) is 0 Å². The number of hydrogen-bond acceptors (Lipinski definition) is 6. The largest absolute Gasteiger partial charge is 0.359 e. The first kappa shape index (κ1) is 16.3. The molecule has 11 heavy (non-hydrogen) atoms. The van der Waals surface area contributed by atoms with Crippen LogP contribution in [0.4, 0.5) is 0 Å². The zero-order valence-electron chi connectivity index (χ0n) is 6.42. The Balaban J connectivity index is -0.0000000933. The SMILES string of the molecule is COCOC.N=[N+]=N.N=[N+]=N. The first-order chi connectivity index (χ1) is 5.24. The van der Waals surface area contributed by atoms with Gasteiger partial charge in [-0.2, -0.15) is 0 Å². The molecular weight excluding hydrogens is 152 g/mol. The fourth-order valence-electron chi connectivity index (χ4n) is 0.118. The van der Waals surface area contributed by atoms with Gasteiger partial charge in [-0.25, -0.2) is 0 Å². The summed E-state index contributed by atoms with van der Waals surface area (Å²) in [5.41, 5.74) is 22.0. The van der Waals surface area contributed by atoms with Crippen molar-refractivity contribution in [3.63, 3.8) is 0 Å². The molecule has 0 radical (unpaired) electrons. The number of nitrogens with zero attached hydrogens (tertiary/aromatic N) is 2. The molecule has 0 aromatic carbocycles. The molecule has 0 rings (SSSR count). The van der Waals surface area contributed by atoms with Crippen molar-refractivity contribution in [1.82, 2.24) is 9.82 Å². The Morgan fingerprint density at radius 2 is 1.09 bits per heavy atom. The predicted octanol–water partition coefficient (Wildman–Crippen LogP) is 0.468. The van der Waals surface area contributed by atoms with Gasteiger partial charge >= 0.3 is 0 Å². The second-order valence-corrected chi connectivity index (χ2v) is 0.919. The Hall–Kier alpha value is -1.46. The number of ether oxygens (including phenoxy) is 2. The molecule has 64 valence electrons. The molecular formula is C3H12N6O2+2. The van der Waals surface area contributed by atoms with Gasteiger partial charge in [-0.05, 0) is 0 Å². The van der Waals surface area contributed by atoms with E-state index in [1.807, 2.05) is 9.82 Å². The second-order valence-electron chi connectivity index (χ2n) is 0.919. The number of methoxy groups -OCH3 is 2. The summed E-state index contributed by atoms with van der Waals surface area (Å²) >= 11 is 0. The van der Waals surface area contributed by atoms with Gasteiger partial charge in [0.05, 0.1) is 0 Å². The summed E-state index contributed by atoms with van der Waals surface area (Å²) in [7, 11) is 3.17. The summed E-state index contributed by atoms with van der Waals surface area (Å²) in [6.45, 7) is 0.389. The van der Waals surface area contributed by atoms with Crippen LogP contribution < -0.4 is 9.82 Å². The third-order valence-electron chi connectivity index (χ3n) is 0.236. The monoisotopic (exact) mass is 164 g/mol. The molecule has 0 aliphatic carbocycles. The van der Waals surface area contributed by atoms with Crippen molar-refractivity contribution in [2.45, 2.75) is 0 Å². The van der Waals surface area contributed by atoms with Gasteiger partial charge in [-0.1, -0.05) is 0 Å². The lowest BCUT2D eigenvalue weighted by atomic mass is 11.4. The van der Waals surface area contributed by atoms with Crippen LogP contribution in [0.3, 0.4) is 0 Å². The molecule has 0 saturated carbocycles. The third-order valence-corrected chi connectivity index (χ3v) is 0.236. The number of hydrogen-bond donors (Lipinski definition) is 4. The van der Waals surface area contributed by atoms with Crippen molar-refractivity contribution in [2.75, 3.05) is 21.0 Å². The van der Waals surface area contributed by atoms with E-state index in [1.165, 1.54) is 0 Å². The Bertz CT molecular complexity index is 99.0. The maximum absolute atomic E-state index is 5.50. The minimum Gasteiger partial charge on any atom is -0.359 e. The molecule has 0 fully saturated rings. The predicted molar refractivity (Wildman–Crippen MR) is 34.0 cm³/mol. The first-order valence-electron chi connectivity index (χ1n) is 2.29. The lowest BCUT2D eigenvalue weighted by molar-refractivity contribution is -0.00271. The molecule has 8 nitrogen and oxygen atoms in total. The minimum atomic E-state index is 0.389. The Labute approximate surface area is 63.6 Å². The van der Waals surface area contributed by atoms with Crippen molar-refractivity contribution < 1.29 is 9.47 Å². The second kappa shape index (κ2) is 38.7. The zero-order chi connectivity index (χ0) is 9.54. The van der Waals surface area contributed by atoms with Gasteiger partial charge in [0.1, 0.15) is 28.9 Å². The van der Waals surface area contributed by atoms with Crippen LogP contribution in [0.1, 0.15) is 0 Å². The highest BCUT2D eigenvalue weighted by atomic mass is 16.6. The third kappa shape index (κ3) is 1250. The highest BCUT2D eigenvalue weighted by molar-refractivity contribution is 3.84. The highest BCUT2D eigenvalue weighted by Crippen LogP contribution is 1.60. The van der Waals surface area contributed by atoms with Gasteiger partial charge in [-0.3, -0.25) is 0 Å². The van der Waals surface area contributed by atoms with E-state index in [1.54, 1.807) is 14.2 Å². The lowest BCUT2D eigenvalue weighted by Gasteiger charge is -1.87. The van der Waals surface area contributed by atoms with E-state index >= 15 is 0 Å². The van der Waals surface area contributed by atoms with Gasteiger partial charge < -0.3 is 9.47 Å². The fourth-order valence-corrected chi connectivity index (χ4v) is 0.118. The molecule has 0 aliphatic rings. The van der Waals surface area contributed by atoms with Gasteiger partial charge in [0.15, 0.2) is 0 Å². The molecule has 0 aliphatic heterocycles. The molecule has 0 atom stereocenters. The topological polar surface area (TPSA) is 142 Å². The summed E-state index contributed by atoms with van der Waals surface area (Å²) in [4.78, 5) is 4.00. The van der Waals surface area contributed by atoms with Gasteiger partial charge in [0.25, 0.3) is 0 Å². The Morgan fingerprint density at radius 3 is 1.09 bits per heavy atom. The average molecular weight is 164 g/mol. The lowest BCUT2D eigenvalue weighted by Crippen LogP contribution is -1.87. The van der Waals surface area contributed by atoms with E-state index in [4.69, 9.17) is 22.1 Å². The standard InChI is InChI=1S/C3H8O2.2H2N3/c1-4-3-5-2;2*1-3-2/h3H2,1-2H3;2*1-2H/q;2*+1. The van der Waals surface area contributed by atoms with E-state index in [-0.39, 0.29) is 0 Å². The molecule has 0 aromatic heterocycles. The summed E-state index contributed by atoms with van der Waals surface area (Å²) in [5, 5.41) is 0. The van der Waals surface area contributed by atoms with Crippen LogP contribution >= 0.6 is 0 Å².